The van der Waals surface area contributed by atoms with Crippen LogP contribution in [0.5, 0.6) is 5.75 Å². The smallest absolute Gasteiger partial charge is 0.331 e. The van der Waals surface area contributed by atoms with Crippen LogP contribution in [0.3, 0.4) is 0 Å². The first-order valence-electron chi connectivity index (χ1n) is 8.01. The van der Waals surface area contributed by atoms with Gasteiger partial charge in [0.15, 0.2) is 5.75 Å². The van der Waals surface area contributed by atoms with Gasteiger partial charge in [0.2, 0.25) is 5.91 Å². The maximum atomic E-state index is 12.6. The zero-order valence-corrected chi connectivity index (χ0v) is 14.0. The molecule has 9 nitrogen and oxygen atoms in total. The highest BCUT2D eigenvalue weighted by molar-refractivity contribution is 5.89. The standard InChI is InChI=1S/C16H19N3O6/c1-10-6-18(7-11(2)24-10)15(20)8-17-9-16(21)25-14-5-12(19(22)23)3-4-13(14)17/h3-5,10-11H,6-9H2,1-2H3. The second-order valence-electron chi connectivity index (χ2n) is 6.30. The second-order valence-corrected chi connectivity index (χ2v) is 6.30. The SMILES string of the molecule is CC1CN(C(=O)CN2CC(=O)Oc3cc([N+](=O)[O-])ccc32)CC(C)O1. The predicted molar refractivity (Wildman–Crippen MR) is 87.5 cm³/mol. The van der Waals surface area contributed by atoms with Crippen LogP contribution in [0.25, 0.3) is 0 Å². The number of non-ortho nitro benzene ring substituents is 1. The predicted octanol–water partition coefficient (Wildman–Crippen LogP) is 0.956. The van der Waals surface area contributed by atoms with Gasteiger partial charge in [0.05, 0.1) is 35.4 Å². The number of fused-ring (bicyclic) bond motifs is 1. The highest BCUT2D eigenvalue weighted by atomic mass is 16.6. The number of carbonyl (C=O) groups is 2. The monoisotopic (exact) mass is 349 g/mol. The van der Waals surface area contributed by atoms with Gasteiger partial charge in [0.1, 0.15) is 6.54 Å². The van der Waals surface area contributed by atoms with Gasteiger partial charge in [0.25, 0.3) is 5.69 Å². The Morgan fingerprint density at radius 2 is 2.00 bits per heavy atom. The van der Waals surface area contributed by atoms with Crippen LogP contribution in [0.1, 0.15) is 13.8 Å². The van der Waals surface area contributed by atoms with Gasteiger partial charge in [-0.15, -0.1) is 0 Å². The van der Waals surface area contributed by atoms with E-state index in [-0.39, 0.29) is 42.6 Å². The first-order chi connectivity index (χ1) is 11.8. The fourth-order valence-corrected chi connectivity index (χ4v) is 3.14. The number of ether oxygens (including phenoxy) is 2. The molecule has 1 saturated heterocycles. The summed E-state index contributed by atoms with van der Waals surface area (Å²) < 4.78 is 10.7. The Morgan fingerprint density at radius 3 is 2.64 bits per heavy atom. The van der Waals surface area contributed by atoms with Gasteiger partial charge in [0, 0.05) is 19.2 Å². The third-order valence-electron chi connectivity index (χ3n) is 4.14. The molecule has 2 atom stereocenters. The van der Waals surface area contributed by atoms with Crippen molar-refractivity contribution < 1.29 is 24.0 Å². The highest BCUT2D eigenvalue weighted by Crippen LogP contribution is 2.35. The van der Waals surface area contributed by atoms with E-state index < -0.39 is 10.9 Å². The number of nitro benzene ring substituents is 1. The normalized spacial score (nSPS) is 23.0. The first-order valence-corrected chi connectivity index (χ1v) is 8.01. The fourth-order valence-electron chi connectivity index (χ4n) is 3.14. The highest BCUT2D eigenvalue weighted by Gasteiger charge is 2.31. The molecule has 0 aromatic heterocycles. The fraction of sp³-hybridized carbons (Fsp3) is 0.500. The quantitative estimate of drug-likeness (QED) is 0.346. The third-order valence-corrected chi connectivity index (χ3v) is 4.14. The maximum absolute atomic E-state index is 12.6. The van der Waals surface area contributed by atoms with Crippen molar-refractivity contribution in [3.05, 3.63) is 28.3 Å². The number of nitro groups is 1. The third kappa shape index (κ3) is 3.71. The first kappa shape index (κ1) is 17.2. The van der Waals surface area contributed by atoms with E-state index in [1.807, 2.05) is 13.8 Å². The number of nitrogens with zero attached hydrogens (tertiary/aromatic N) is 3. The average molecular weight is 349 g/mol. The van der Waals surface area contributed by atoms with E-state index in [0.29, 0.717) is 18.8 Å². The molecule has 1 fully saturated rings. The molecule has 0 spiro atoms. The number of benzene rings is 1. The molecule has 0 bridgehead atoms. The second kappa shape index (κ2) is 6.67. The largest absolute Gasteiger partial charge is 0.423 e. The molecule has 2 heterocycles. The van der Waals surface area contributed by atoms with Crippen LogP contribution in [0, 0.1) is 10.1 Å². The molecule has 1 aromatic rings. The van der Waals surface area contributed by atoms with Crippen molar-refractivity contribution in [2.75, 3.05) is 31.1 Å². The van der Waals surface area contributed by atoms with Crippen molar-refractivity contribution in [3.63, 3.8) is 0 Å². The number of hydrogen-bond acceptors (Lipinski definition) is 7. The number of anilines is 1. The molecule has 1 amide bonds. The maximum Gasteiger partial charge on any atom is 0.331 e. The molecule has 9 heteroatoms. The lowest BCUT2D eigenvalue weighted by atomic mass is 10.2. The lowest BCUT2D eigenvalue weighted by Crippen LogP contribution is -2.52. The van der Waals surface area contributed by atoms with Gasteiger partial charge in [-0.1, -0.05) is 0 Å². The van der Waals surface area contributed by atoms with Gasteiger partial charge < -0.3 is 19.3 Å². The van der Waals surface area contributed by atoms with Crippen LogP contribution >= 0.6 is 0 Å². The zero-order valence-electron chi connectivity index (χ0n) is 14.0. The van der Waals surface area contributed by atoms with E-state index in [1.165, 1.54) is 18.2 Å². The Labute approximate surface area is 144 Å². The van der Waals surface area contributed by atoms with Crippen molar-refractivity contribution in [1.82, 2.24) is 4.90 Å². The molecule has 25 heavy (non-hydrogen) atoms. The van der Waals surface area contributed by atoms with Gasteiger partial charge in [-0.2, -0.15) is 0 Å². The Kier molecular flexibility index (Phi) is 4.58. The summed E-state index contributed by atoms with van der Waals surface area (Å²) in [6.07, 6.45) is -0.0945. The van der Waals surface area contributed by atoms with Crippen LogP contribution in [-0.4, -0.2) is 60.1 Å². The summed E-state index contributed by atoms with van der Waals surface area (Å²) in [5.74, 6) is -0.576. The summed E-state index contributed by atoms with van der Waals surface area (Å²) in [5.41, 5.74) is 0.323. The van der Waals surface area contributed by atoms with Crippen molar-refractivity contribution in [2.24, 2.45) is 0 Å². The molecular weight excluding hydrogens is 330 g/mol. The van der Waals surface area contributed by atoms with Gasteiger partial charge in [-0.25, -0.2) is 4.79 Å². The Bertz CT molecular complexity index is 712. The Morgan fingerprint density at radius 1 is 1.32 bits per heavy atom. The molecular formula is C16H19N3O6. The number of carbonyl (C=O) groups excluding carboxylic acids is 2. The number of esters is 1. The molecule has 3 rings (SSSR count). The van der Waals surface area contributed by atoms with E-state index in [9.17, 15) is 19.7 Å². The summed E-state index contributed by atoms with van der Waals surface area (Å²) in [5, 5.41) is 10.9. The lowest BCUT2D eigenvalue weighted by Gasteiger charge is -2.37. The summed E-state index contributed by atoms with van der Waals surface area (Å²) in [6, 6.07) is 4.02. The summed E-state index contributed by atoms with van der Waals surface area (Å²) in [7, 11) is 0. The van der Waals surface area contributed by atoms with Gasteiger partial charge >= 0.3 is 5.97 Å². The van der Waals surface area contributed by atoms with E-state index >= 15 is 0 Å². The van der Waals surface area contributed by atoms with E-state index in [4.69, 9.17) is 9.47 Å². The van der Waals surface area contributed by atoms with E-state index in [2.05, 4.69) is 0 Å². The Hall–Kier alpha value is -2.68. The van der Waals surface area contributed by atoms with Gasteiger partial charge in [-0.05, 0) is 19.9 Å². The van der Waals surface area contributed by atoms with Gasteiger partial charge in [-0.3, -0.25) is 14.9 Å². The zero-order chi connectivity index (χ0) is 18.1. The molecule has 2 unspecified atom stereocenters. The van der Waals surface area contributed by atoms with Crippen LogP contribution in [-0.2, 0) is 14.3 Å². The number of rotatable bonds is 3. The minimum absolute atomic E-state index is 0.000644. The van der Waals surface area contributed by atoms with Crippen molar-refractivity contribution >= 4 is 23.3 Å². The van der Waals surface area contributed by atoms with Crippen molar-refractivity contribution in [1.29, 1.82) is 0 Å². The number of morpholine rings is 1. The minimum atomic E-state index is -0.561. The average Bonchev–Trinajstić information content (AvgIpc) is 2.53. The molecule has 134 valence electrons. The van der Waals surface area contributed by atoms with Crippen LogP contribution in [0.2, 0.25) is 0 Å². The molecule has 0 aliphatic carbocycles. The van der Waals surface area contributed by atoms with Crippen molar-refractivity contribution in [3.8, 4) is 5.75 Å². The molecule has 1 aromatic carbocycles. The number of amides is 1. The molecule has 0 saturated carbocycles. The van der Waals surface area contributed by atoms with Crippen LogP contribution in [0.15, 0.2) is 18.2 Å². The summed E-state index contributed by atoms with van der Waals surface area (Å²) in [4.78, 5) is 38.0. The van der Waals surface area contributed by atoms with Crippen molar-refractivity contribution in [2.45, 2.75) is 26.1 Å². The number of hydrogen-bond donors (Lipinski definition) is 0. The molecule has 0 N–H and O–H groups in total. The summed E-state index contributed by atoms with van der Waals surface area (Å²) in [6.45, 7) is 4.72. The van der Waals surface area contributed by atoms with Crippen LogP contribution < -0.4 is 9.64 Å². The molecule has 0 radical (unpaired) electrons. The molecule has 2 aliphatic heterocycles. The minimum Gasteiger partial charge on any atom is -0.423 e. The van der Waals surface area contributed by atoms with E-state index in [1.54, 1.807) is 9.80 Å². The topological polar surface area (TPSA) is 102 Å². The Balaban J connectivity index is 1.78. The lowest BCUT2D eigenvalue weighted by molar-refractivity contribution is -0.384. The van der Waals surface area contributed by atoms with E-state index in [0.717, 1.165) is 0 Å². The summed E-state index contributed by atoms with van der Waals surface area (Å²) >= 11 is 0. The molecule has 2 aliphatic rings. The van der Waals surface area contributed by atoms with Crippen LogP contribution in [0.4, 0.5) is 11.4 Å².